The van der Waals surface area contributed by atoms with Crippen molar-refractivity contribution in [2.45, 2.75) is 43.2 Å². The number of sulfonamides is 1. The summed E-state index contributed by atoms with van der Waals surface area (Å²) in [6, 6.07) is 16.4. The highest BCUT2D eigenvalue weighted by atomic mass is 32.2. The molecule has 2 saturated heterocycles. The van der Waals surface area contributed by atoms with Crippen molar-refractivity contribution in [2.75, 3.05) is 32.8 Å². The van der Waals surface area contributed by atoms with Crippen LogP contribution in [0.15, 0.2) is 53.4 Å². The SMILES string of the molecule is O=S(=O)(c1ccc2c(c1)CCC2)N1CC[C@@H]2COCCN(Cc3ccccc3)[C@@H]2C1. The number of hydrogen-bond acceptors (Lipinski definition) is 4. The molecule has 2 atom stereocenters. The Balaban J connectivity index is 1.38. The number of rotatable bonds is 4. The number of ether oxygens (including phenoxy) is 1. The molecule has 0 spiro atoms. The van der Waals surface area contributed by atoms with Gasteiger partial charge in [0.15, 0.2) is 0 Å². The Bertz CT molecular complexity index is 993. The fourth-order valence-electron chi connectivity index (χ4n) is 5.23. The number of benzene rings is 2. The Hall–Kier alpha value is -1.73. The summed E-state index contributed by atoms with van der Waals surface area (Å²) in [7, 11) is -3.48. The molecule has 0 N–H and O–H groups in total. The van der Waals surface area contributed by atoms with Crippen LogP contribution in [0.4, 0.5) is 0 Å². The van der Waals surface area contributed by atoms with Gasteiger partial charge in [-0.05, 0) is 54.5 Å². The van der Waals surface area contributed by atoms with Crippen LogP contribution in [-0.2, 0) is 34.1 Å². The molecule has 0 bridgehead atoms. The standard InChI is InChI=1S/C24H30N2O3S/c27-30(28,23-10-9-20-7-4-8-21(20)15-23)26-12-11-22-18-29-14-13-25(24(22)17-26)16-19-5-2-1-3-6-19/h1-3,5-6,9-10,15,22,24H,4,7-8,11-14,16-18H2/t22-,24-/m1/s1. The zero-order valence-corrected chi connectivity index (χ0v) is 18.2. The van der Waals surface area contributed by atoms with Crippen LogP contribution in [0.3, 0.4) is 0 Å². The van der Waals surface area contributed by atoms with Gasteiger partial charge in [0, 0.05) is 38.1 Å². The van der Waals surface area contributed by atoms with E-state index in [4.69, 9.17) is 4.74 Å². The van der Waals surface area contributed by atoms with E-state index < -0.39 is 10.0 Å². The van der Waals surface area contributed by atoms with Crippen molar-refractivity contribution >= 4 is 10.0 Å². The third kappa shape index (κ3) is 3.94. The van der Waals surface area contributed by atoms with Gasteiger partial charge in [-0.3, -0.25) is 4.90 Å². The summed E-state index contributed by atoms with van der Waals surface area (Å²) in [6.07, 6.45) is 4.03. The second-order valence-corrected chi connectivity index (χ2v) is 10.7. The van der Waals surface area contributed by atoms with Crippen molar-refractivity contribution in [3.63, 3.8) is 0 Å². The first-order valence-electron chi connectivity index (χ1n) is 11.1. The summed E-state index contributed by atoms with van der Waals surface area (Å²) in [6.45, 7) is 4.21. The molecule has 2 heterocycles. The third-order valence-electron chi connectivity index (χ3n) is 6.94. The maximum atomic E-state index is 13.5. The quantitative estimate of drug-likeness (QED) is 0.754. The molecule has 3 aliphatic rings. The Labute approximate surface area is 179 Å². The van der Waals surface area contributed by atoms with Gasteiger partial charge in [0.1, 0.15) is 0 Å². The van der Waals surface area contributed by atoms with Gasteiger partial charge >= 0.3 is 0 Å². The molecule has 2 aromatic carbocycles. The monoisotopic (exact) mass is 426 g/mol. The molecule has 2 aromatic rings. The van der Waals surface area contributed by atoms with Gasteiger partial charge in [-0.1, -0.05) is 36.4 Å². The number of nitrogens with zero attached hydrogens (tertiary/aromatic N) is 2. The summed E-state index contributed by atoms with van der Waals surface area (Å²) in [5.74, 6) is 0.377. The van der Waals surface area contributed by atoms with Crippen LogP contribution >= 0.6 is 0 Å². The van der Waals surface area contributed by atoms with Crippen molar-refractivity contribution in [1.29, 1.82) is 0 Å². The van der Waals surface area contributed by atoms with E-state index in [2.05, 4.69) is 29.2 Å². The lowest BCUT2D eigenvalue weighted by Gasteiger charge is -2.42. The Kier molecular flexibility index (Phi) is 5.67. The minimum atomic E-state index is -3.48. The van der Waals surface area contributed by atoms with E-state index in [1.165, 1.54) is 16.7 Å². The molecule has 6 heteroatoms. The zero-order chi connectivity index (χ0) is 20.6. The van der Waals surface area contributed by atoms with Crippen LogP contribution < -0.4 is 0 Å². The summed E-state index contributed by atoms with van der Waals surface area (Å²) >= 11 is 0. The fourth-order valence-corrected chi connectivity index (χ4v) is 6.76. The van der Waals surface area contributed by atoms with Crippen LogP contribution in [0.2, 0.25) is 0 Å². The first-order valence-corrected chi connectivity index (χ1v) is 12.5. The topological polar surface area (TPSA) is 49.9 Å². The Morgan fingerprint density at radius 3 is 2.70 bits per heavy atom. The molecule has 0 saturated carbocycles. The molecule has 1 aliphatic carbocycles. The highest BCUT2D eigenvalue weighted by molar-refractivity contribution is 7.89. The van der Waals surface area contributed by atoms with Crippen molar-refractivity contribution in [2.24, 2.45) is 5.92 Å². The van der Waals surface area contributed by atoms with Gasteiger partial charge in [-0.2, -0.15) is 4.31 Å². The molecule has 160 valence electrons. The minimum absolute atomic E-state index is 0.186. The molecule has 0 radical (unpaired) electrons. The lowest BCUT2D eigenvalue weighted by molar-refractivity contribution is 0.0766. The minimum Gasteiger partial charge on any atom is -0.380 e. The van der Waals surface area contributed by atoms with Gasteiger partial charge in [0.25, 0.3) is 0 Å². The van der Waals surface area contributed by atoms with Gasteiger partial charge in [0.05, 0.1) is 18.1 Å². The number of aryl methyl sites for hydroxylation is 2. The summed E-state index contributed by atoms with van der Waals surface area (Å²) < 4.78 is 34.6. The molecular formula is C24H30N2O3S. The lowest BCUT2D eigenvalue weighted by atomic mass is 9.92. The van der Waals surface area contributed by atoms with Gasteiger partial charge in [-0.15, -0.1) is 0 Å². The highest BCUT2D eigenvalue weighted by Crippen LogP contribution is 2.31. The molecule has 5 nitrogen and oxygen atoms in total. The lowest BCUT2D eigenvalue weighted by Crippen LogP contribution is -2.54. The van der Waals surface area contributed by atoms with Crippen molar-refractivity contribution in [3.05, 3.63) is 65.2 Å². The first kappa shape index (κ1) is 20.2. The molecule has 0 amide bonds. The van der Waals surface area contributed by atoms with Crippen molar-refractivity contribution in [3.8, 4) is 0 Å². The highest BCUT2D eigenvalue weighted by Gasteiger charge is 2.39. The van der Waals surface area contributed by atoms with Crippen LogP contribution in [-0.4, -0.2) is 56.5 Å². The number of fused-ring (bicyclic) bond motifs is 2. The van der Waals surface area contributed by atoms with Crippen LogP contribution in [0, 0.1) is 5.92 Å². The van der Waals surface area contributed by atoms with Crippen LogP contribution in [0.1, 0.15) is 29.5 Å². The molecule has 0 aromatic heterocycles. The molecule has 30 heavy (non-hydrogen) atoms. The van der Waals surface area contributed by atoms with Gasteiger partial charge in [0.2, 0.25) is 10.0 Å². The van der Waals surface area contributed by atoms with E-state index in [-0.39, 0.29) is 6.04 Å². The predicted octanol–water partition coefficient (Wildman–Crippen LogP) is 3.09. The molecule has 2 aliphatic heterocycles. The van der Waals surface area contributed by atoms with E-state index >= 15 is 0 Å². The first-order chi connectivity index (χ1) is 14.6. The molecule has 0 unspecified atom stereocenters. The van der Waals surface area contributed by atoms with E-state index in [9.17, 15) is 8.42 Å². The largest absolute Gasteiger partial charge is 0.380 e. The average molecular weight is 427 g/mol. The predicted molar refractivity (Wildman–Crippen MR) is 117 cm³/mol. The maximum Gasteiger partial charge on any atom is 0.243 e. The van der Waals surface area contributed by atoms with E-state index in [1.807, 2.05) is 24.3 Å². The van der Waals surface area contributed by atoms with Gasteiger partial charge in [-0.25, -0.2) is 8.42 Å². The van der Waals surface area contributed by atoms with Crippen LogP contribution in [0.25, 0.3) is 0 Å². The van der Waals surface area contributed by atoms with Crippen molar-refractivity contribution < 1.29 is 13.2 Å². The normalized spacial score (nSPS) is 25.5. The van der Waals surface area contributed by atoms with Crippen molar-refractivity contribution in [1.82, 2.24) is 9.21 Å². The van der Waals surface area contributed by atoms with E-state index in [1.54, 1.807) is 4.31 Å². The second kappa shape index (κ2) is 8.42. The molecular weight excluding hydrogens is 396 g/mol. The number of piperidine rings is 1. The van der Waals surface area contributed by atoms with Crippen LogP contribution in [0.5, 0.6) is 0 Å². The third-order valence-corrected chi connectivity index (χ3v) is 8.81. The molecule has 2 fully saturated rings. The maximum absolute atomic E-state index is 13.5. The summed E-state index contributed by atoms with van der Waals surface area (Å²) in [4.78, 5) is 2.89. The Morgan fingerprint density at radius 1 is 1.00 bits per heavy atom. The van der Waals surface area contributed by atoms with E-state index in [0.717, 1.165) is 45.4 Å². The number of hydrogen-bond donors (Lipinski definition) is 0. The zero-order valence-electron chi connectivity index (χ0n) is 17.4. The molecule has 5 rings (SSSR count). The second-order valence-electron chi connectivity index (χ2n) is 8.79. The summed E-state index contributed by atoms with van der Waals surface area (Å²) in [5.41, 5.74) is 3.78. The Morgan fingerprint density at radius 2 is 1.83 bits per heavy atom. The smallest absolute Gasteiger partial charge is 0.243 e. The summed E-state index contributed by atoms with van der Waals surface area (Å²) in [5, 5.41) is 0. The van der Waals surface area contributed by atoms with E-state index in [0.29, 0.717) is 30.5 Å². The average Bonchev–Trinajstić information content (AvgIpc) is 3.15. The van der Waals surface area contributed by atoms with Gasteiger partial charge < -0.3 is 4.74 Å². The fraction of sp³-hybridized carbons (Fsp3) is 0.500.